The zero-order chi connectivity index (χ0) is 26.1. The number of benzene rings is 1. The molecular formula is C22H20F5N5O3S. The summed E-state index contributed by atoms with van der Waals surface area (Å²) in [4.78, 5) is 19.9. The molecule has 1 unspecified atom stereocenters. The van der Waals surface area contributed by atoms with Crippen molar-refractivity contribution in [3.63, 3.8) is 0 Å². The van der Waals surface area contributed by atoms with E-state index in [9.17, 15) is 35.2 Å². The number of alkyl halides is 3. The number of carbonyl (C=O) groups excluding carboxylic acids is 1. The maximum Gasteiger partial charge on any atom is 0.429 e. The van der Waals surface area contributed by atoms with Crippen LogP contribution >= 0.6 is 0 Å². The molecule has 2 aromatic rings. The Kier molecular flexibility index (Phi) is 7.09. The van der Waals surface area contributed by atoms with E-state index < -0.39 is 45.9 Å². The number of allylic oxidation sites excluding steroid dienone is 1. The molecule has 0 bridgehead atoms. The number of aromatic nitrogens is 1. The summed E-state index contributed by atoms with van der Waals surface area (Å²) >= 11 is 0. The van der Waals surface area contributed by atoms with Gasteiger partial charge in [-0.2, -0.15) is 17.5 Å². The number of sulfonamides is 1. The van der Waals surface area contributed by atoms with Gasteiger partial charge in [-0.1, -0.05) is 0 Å². The summed E-state index contributed by atoms with van der Waals surface area (Å²) in [5, 5.41) is 4.60. The number of aliphatic imine (C=N–C) groups is 1. The van der Waals surface area contributed by atoms with Gasteiger partial charge in [0.1, 0.15) is 17.7 Å². The first-order valence-corrected chi connectivity index (χ1v) is 12.2. The smallest absolute Gasteiger partial charge is 0.362 e. The van der Waals surface area contributed by atoms with Gasteiger partial charge in [0.05, 0.1) is 16.8 Å². The van der Waals surface area contributed by atoms with Crippen molar-refractivity contribution in [1.29, 1.82) is 0 Å². The van der Waals surface area contributed by atoms with E-state index in [0.717, 1.165) is 47.2 Å². The fourth-order valence-electron chi connectivity index (χ4n) is 3.83. The number of pyridine rings is 1. The molecule has 2 aliphatic rings. The minimum Gasteiger partial charge on any atom is -0.362 e. The van der Waals surface area contributed by atoms with E-state index in [-0.39, 0.29) is 41.2 Å². The number of nitrogens with one attached hydrogen (secondary N) is 2. The third-order valence-corrected chi connectivity index (χ3v) is 7.60. The van der Waals surface area contributed by atoms with Crippen molar-refractivity contribution in [3.05, 3.63) is 65.6 Å². The summed E-state index contributed by atoms with van der Waals surface area (Å²) in [6, 6.07) is 4.45. The molecule has 14 heteroatoms. The highest BCUT2D eigenvalue weighted by molar-refractivity contribution is 7.89. The predicted octanol–water partition coefficient (Wildman–Crippen LogP) is 2.73. The molecule has 0 saturated carbocycles. The lowest BCUT2D eigenvalue weighted by molar-refractivity contribution is -0.151. The number of halogens is 5. The van der Waals surface area contributed by atoms with Gasteiger partial charge in [-0.15, -0.1) is 0 Å². The zero-order valence-corrected chi connectivity index (χ0v) is 19.3. The molecule has 1 amide bonds. The third-order valence-electron chi connectivity index (χ3n) is 5.68. The Hall–Kier alpha value is -3.39. The van der Waals surface area contributed by atoms with E-state index in [0.29, 0.717) is 6.42 Å². The van der Waals surface area contributed by atoms with Gasteiger partial charge in [0.2, 0.25) is 22.1 Å². The summed E-state index contributed by atoms with van der Waals surface area (Å²) < 4.78 is 92.7. The number of rotatable bonds is 6. The van der Waals surface area contributed by atoms with Crippen LogP contribution in [0.5, 0.6) is 0 Å². The minimum absolute atomic E-state index is 0.00784. The minimum atomic E-state index is -4.58. The molecule has 0 radical (unpaired) electrons. The van der Waals surface area contributed by atoms with Crippen LogP contribution in [0, 0.1) is 11.6 Å². The molecule has 1 saturated heterocycles. The van der Waals surface area contributed by atoms with E-state index in [2.05, 4.69) is 20.6 Å². The van der Waals surface area contributed by atoms with Crippen LogP contribution < -0.4 is 10.6 Å². The first kappa shape index (κ1) is 25.7. The summed E-state index contributed by atoms with van der Waals surface area (Å²) in [6.45, 7) is -0.227. The first-order valence-electron chi connectivity index (χ1n) is 10.7. The molecule has 3 heterocycles. The number of hydrogen-bond acceptors (Lipinski definition) is 6. The van der Waals surface area contributed by atoms with Crippen molar-refractivity contribution in [2.75, 3.05) is 6.54 Å². The molecule has 2 N–H and O–H groups in total. The van der Waals surface area contributed by atoms with E-state index >= 15 is 0 Å². The zero-order valence-electron chi connectivity index (χ0n) is 18.5. The maximum absolute atomic E-state index is 14.3. The Bertz CT molecular complexity index is 1310. The standard InChI is InChI=1S/C22H20F5N5O3S/c23-15-3-5-16(6-4-15)36(34,35)32-7-1-2-19(32)20(33)29-9-13-8-18(28-12-17(13)24)14-10-30-21(31-11-14)22(25,26)27/h3-6,8,10-12,19,21,30H,1-2,7,9H2,(H,29,33)/t19-,21?/m0/s1. The maximum atomic E-state index is 14.3. The quantitative estimate of drug-likeness (QED) is 0.561. The van der Waals surface area contributed by atoms with Gasteiger partial charge in [-0.05, 0) is 43.2 Å². The molecular weight excluding hydrogens is 509 g/mol. The van der Waals surface area contributed by atoms with Crippen molar-refractivity contribution in [3.8, 4) is 0 Å². The monoisotopic (exact) mass is 529 g/mol. The highest BCUT2D eigenvalue weighted by Gasteiger charge is 2.40. The Morgan fingerprint density at radius 2 is 1.92 bits per heavy atom. The third kappa shape index (κ3) is 5.38. The Morgan fingerprint density at radius 3 is 2.56 bits per heavy atom. The summed E-state index contributed by atoms with van der Waals surface area (Å²) in [7, 11) is -4.06. The second-order valence-electron chi connectivity index (χ2n) is 8.10. The second kappa shape index (κ2) is 9.93. The molecule has 0 aliphatic carbocycles. The lowest BCUT2D eigenvalue weighted by atomic mass is 10.1. The van der Waals surface area contributed by atoms with Crippen LogP contribution in [0.3, 0.4) is 0 Å². The van der Waals surface area contributed by atoms with Crippen molar-refractivity contribution in [2.24, 2.45) is 4.99 Å². The fourth-order valence-corrected chi connectivity index (χ4v) is 5.49. The van der Waals surface area contributed by atoms with Gasteiger partial charge >= 0.3 is 6.18 Å². The molecule has 1 fully saturated rings. The SMILES string of the molecule is O=C(NCc1cc(C2=CNC(C(F)(F)F)N=C2)ncc1F)[C@@H]1CCCN1S(=O)(=O)c1ccc(F)cc1. The van der Waals surface area contributed by atoms with Gasteiger partial charge in [-0.3, -0.25) is 14.8 Å². The topological polar surface area (TPSA) is 104 Å². The molecule has 2 aliphatic heterocycles. The largest absolute Gasteiger partial charge is 0.429 e. The van der Waals surface area contributed by atoms with Gasteiger partial charge in [0, 0.05) is 36.6 Å². The lowest BCUT2D eigenvalue weighted by Gasteiger charge is -2.23. The van der Waals surface area contributed by atoms with Crippen LogP contribution in [-0.2, 0) is 21.4 Å². The fraction of sp³-hybridized carbons (Fsp3) is 0.318. The molecule has 192 valence electrons. The van der Waals surface area contributed by atoms with Crippen LogP contribution in [-0.4, -0.2) is 54.8 Å². The summed E-state index contributed by atoms with van der Waals surface area (Å²) in [6.07, 6.45) is -3.12. The van der Waals surface area contributed by atoms with Gasteiger partial charge < -0.3 is 10.6 Å². The van der Waals surface area contributed by atoms with Crippen molar-refractivity contribution in [1.82, 2.24) is 19.9 Å². The highest BCUT2D eigenvalue weighted by atomic mass is 32.2. The second-order valence-corrected chi connectivity index (χ2v) is 9.99. The van der Waals surface area contributed by atoms with E-state index in [1.54, 1.807) is 0 Å². The molecule has 2 atom stereocenters. The van der Waals surface area contributed by atoms with Crippen molar-refractivity contribution in [2.45, 2.75) is 42.7 Å². The lowest BCUT2D eigenvalue weighted by Crippen LogP contribution is -2.45. The summed E-state index contributed by atoms with van der Waals surface area (Å²) in [5.41, 5.74) is 0.292. The predicted molar refractivity (Wildman–Crippen MR) is 119 cm³/mol. The highest BCUT2D eigenvalue weighted by Crippen LogP contribution is 2.27. The average Bonchev–Trinajstić information content (AvgIpc) is 3.34. The molecule has 4 rings (SSSR count). The van der Waals surface area contributed by atoms with Crippen LogP contribution in [0.25, 0.3) is 5.57 Å². The number of hydrogen-bond donors (Lipinski definition) is 2. The average molecular weight is 529 g/mol. The Balaban J connectivity index is 1.45. The van der Waals surface area contributed by atoms with Crippen molar-refractivity contribution >= 4 is 27.7 Å². The Labute approximate surface area is 203 Å². The Morgan fingerprint density at radius 1 is 1.19 bits per heavy atom. The molecule has 36 heavy (non-hydrogen) atoms. The van der Waals surface area contributed by atoms with E-state index in [1.807, 2.05) is 0 Å². The number of carbonyl (C=O) groups is 1. The summed E-state index contributed by atoms with van der Waals surface area (Å²) in [5.74, 6) is -2.02. The van der Waals surface area contributed by atoms with Crippen LogP contribution in [0.2, 0.25) is 0 Å². The van der Waals surface area contributed by atoms with E-state index in [1.165, 1.54) is 6.07 Å². The molecule has 1 aromatic heterocycles. The van der Waals surface area contributed by atoms with Gasteiger partial charge in [-0.25, -0.2) is 17.2 Å². The van der Waals surface area contributed by atoms with Crippen molar-refractivity contribution < 1.29 is 35.2 Å². The molecule has 8 nitrogen and oxygen atoms in total. The molecule has 1 aromatic carbocycles. The number of nitrogens with zero attached hydrogens (tertiary/aromatic N) is 3. The van der Waals surface area contributed by atoms with Crippen LogP contribution in [0.1, 0.15) is 24.1 Å². The van der Waals surface area contributed by atoms with Crippen LogP contribution in [0.15, 0.2) is 52.6 Å². The molecule has 0 spiro atoms. The van der Waals surface area contributed by atoms with Crippen LogP contribution in [0.4, 0.5) is 22.0 Å². The number of amides is 1. The normalized spacial score (nSPS) is 20.6. The van der Waals surface area contributed by atoms with Gasteiger partial charge in [0.15, 0.2) is 0 Å². The van der Waals surface area contributed by atoms with Gasteiger partial charge in [0.25, 0.3) is 0 Å². The van der Waals surface area contributed by atoms with E-state index in [4.69, 9.17) is 0 Å². The first-order chi connectivity index (χ1) is 17.0.